The second kappa shape index (κ2) is 8.90. The van der Waals surface area contributed by atoms with E-state index < -0.39 is 0 Å². The first-order valence-corrected chi connectivity index (χ1v) is 8.95. The van der Waals surface area contributed by atoms with E-state index in [-0.39, 0.29) is 0 Å². The van der Waals surface area contributed by atoms with Crippen LogP contribution in [0.5, 0.6) is 5.75 Å². The maximum absolute atomic E-state index is 6.04. The van der Waals surface area contributed by atoms with Crippen LogP contribution in [-0.4, -0.2) is 5.90 Å². The van der Waals surface area contributed by atoms with Gasteiger partial charge in [-0.15, -0.1) is 0 Å². The summed E-state index contributed by atoms with van der Waals surface area (Å²) in [6, 6.07) is 29.8. The number of para-hydroxylation sites is 2. The minimum atomic E-state index is 0.598. The van der Waals surface area contributed by atoms with E-state index in [1.54, 1.807) is 11.8 Å². The van der Waals surface area contributed by atoms with Gasteiger partial charge in [0.15, 0.2) is 0 Å². The predicted molar refractivity (Wildman–Crippen MR) is 107 cm³/mol. The van der Waals surface area contributed by atoms with Gasteiger partial charge in [-0.25, -0.2) is 4.99 Å². The summed E-state index contributed by atoms with van der Waals surface area (Å²) in [5, 5.41) is 2.07. The first-order valence-electron chi connectivity index (χ1n) is 8.07. The van der Waals surface area contributed by atoms with Gasteiger partial charge in [0.05, 0.1) is 5.69 Å². The Kier molecular flexibility index (Phi) is 6.07. The van der Waals surface area contributed by atoms with Crippen LogP contribution in [0.2, 0.25) is 0 Å². The van der Waals surface area contributed by atoms with Crippen LogP contribution in [0.1, 0.15) is 6.92 Å². The van der Waals surface area contributed by atoms with Gasteiger partial charge in [0, 0.05) is 10.5 Å². The fourth-order valence-corrected chi connectivity index (χ4v) is 2.85. The van der Waals surface area contributed by atoms with Gasteiger partial charge in [0.25, 0.3) is 0 Å². The number of hydrogen-bond donors (Lipinski definition) is 0. The van der Waals surface area contributed by atoms with Crippen molar-refractivity contribution >= 4 is 23.3 Å². The second-order valence-corrected chi connectivity index (χ2v) is 6.34. The van der Waals surface area contributed by atoms with E-state index >= 15 is 0 Å². The zero-order valence-corrected chi connectivity index (χ0v) is 14.8. The molecule has 0 aliphatic heterocycles. The minimum Gasteiger partial charge on any atom is -0.439 e. The Balaban J connectivity index is 1.86. The molecule has 3 aromatic rings. The molecule has 0 aliphatic rings. The summed E-state index contributed by atoms with van der Waals surface area (Å²) < 4.78 is 6.04. The van der Waals surface area contributed by atoms with Gasteiger partial charge in [-0.1, -0.05) is 66.4 Å². The molecule has 3 aromatic carbocycles. The van der Waals surface area contributed by atoms with E-state index in [4.69, 9.17) is 4.74 Å². The lowest BCUT2D eigenvalue weighted by molar-refractivity contribution is 0.551. The van der Waals surface area contributed by atoms with Crippen molar-refractivity contribution in [1.82, 2.24) is 0 Å². The average Bonchev–Trinajstić information content (AvgIpc) is 2.68. The molecule has 25 heavy (non-hydrogen) atoms. The topological polar surface area (TPSA) is 21.6 Å². The van der Waals surface area contributed by atoms with Gasteiger partial charge in [0.1, 0.15) is 5.75 Å². The third-order valence-electron chi connectivity index (χ3n) is 3.40. The van der Waals surface area contributed by atoms with Crippen molar-refractivity contribution in [1.29, 1.82) is 0 Å². The third kappa shape index (κ3) is 5.37. The quantitative estimate of drug-likeness (QED) is 0.299. The maximum Gasteiger partial charge on any atom is 0.223 e. The monoisotopic (exact) mass is 345 g/mol. The Morgan fingerprint density at radius 3 is 2.00 bits per heavy atom. The molecule has 3 heteroatoms. The van der Waals surface area contributed by atoms with Crippen LogP contribution in [0.3, 0.4) is 0 Å². The highest BCUT2D eigenvalue weighted by molar-refractivity contribution is 8.02. The van der Waals surface area contributed by atoms with Gasteiger partial charge in [0.2, 0.25) is 5.90 Å². The van der Waals surface area contributed by atoms with E-state index in [0.717, 1.165) is 17.0 Å². The van der Waals surface area contributed by atoms with Gasteiger partial charge >= 0.3 is 0 Å². The van der Waals surface area contributed by atoms with Crippen molar-refractivity contribution in [2.75, 3.05) is 0 Å². The van der Waals surface area contributed by atoms with Crippen LogP contribution in [-0.2, 0) is 0 Å². The van der Waals surface area contributed by atoms with Crippen molar-refractivity contribution in [3.63, 3.8) is 0 Å². The highest BCUT2D eigenvalue weighted by Crippen LogP contribution is 2.23. The highest BCUT2D eigenvalue weighted by atomic mass is 32.2. The zero-order chi connectivity index (χ0) is 17.3. The summed E-state index contributed by atoms with van der Waals surface area (Å²) in [5.41, 5.74) is 1.84. The fourth-order valence-electron chi connectivity index (χ4n) is 2.12. The largest absolute Gasteiger partial charge is 0.439 e. The van der Waals surface area contributed by atoms with Crippen LogP contribution in [0.25, 0.3) is 0 Å². The molecule has 0 radical (unpaired) electrons. The van der Waals surface area contributed by atoms with Crippen molar-refractivity contribution in [2.24, 2.45) is 4.99 Å². The van der Waals surface area contributed by atoms with E-state index in [1.807, 2.05) is 85.8 Å². The molecule has 3 rings (SSSR count). The summed E-state index contributed by atoms with van der Waals surface area (Å²) in [6.07, 6.45) is 0. The number of nitrogens with zero attached hydrogens (tertiary/aromatic N) is 1. The molecule has 0 heterocycles. The van der Waals surface area contributed by atoms with Crippen LogP contribution in [0, 0.1) is 0 Å². The summed E-state index contributed by atoms with van der Waals surface area (Å²) >= 11 is 1.66. The number of benzene rings is 3. The van der Waals surface area contributed by atoms with Gasteiger partial charge < -0.3 is 4.74 Å². The van der Waals surface area contributed by atoms with E-state index in [1.165, 1.54) is 4.90 Å². The molecule has 0 atom stereocenters. The van der Waals surface area contributed by atoms with E-state index in [0.29, 0.717) is 5.90 Å². The van der Waals surface area contributed by atoms with Gasteiger partial charge in [-0.2, -0.15) is 0 Å². The lowest BCUT2D eigenvalue weighted by atomic mass is 10.3. The van der Waals surface area contributed by atoms with Gasteiger partial charge in [-0.3, -0.25) is 0 Å². The molecular formula is C22H19NOS. The summed E-state index contributed by atoms with van der Waals surface area (Å²) in [4.78, 5) is 5.86. The molecule has 124 valence electrons. The Morgan fingerprint density at radius 2 is 1.36 bits per heavy atom. The second-order valence-electron chi connectivity index (χ2n) is 5.40. The predicted octanol–water partition coefficient (Wildman–Crippen LogP) is 6.49. The first-order chi connectivity index (χ1) is 12.3. The smallest absolute Gasteiger partial charge is 0.223 e. The molecule has 0 saturated heterocycles. The van der Waals surface area contributed by atoms with E-state index in [9.17, 15) is 0 Å². The number of hydrogen-bond acceptors (Lipinski definition) is 3. The summed E-state index contributed by atoms with van der Waals surface area (Å²) in [5.74, 6) is 1.37. The fraction of sp³-hybridized carbons (Fsp3) is 0.0455. The third-order valence-corrected chi connectivity index (χ3v) is 4.41. The lowest BCUT2D eigenvalue weighted by Gasteiger charge is -2.10. The Labute approximate surface area is 152 Å². The molecule has 0 N–H and O–H groups in total. The standard InChI is InChI=1S/C22H19NOS/c1-18(17-25-21-15-9-4-10-16-21)22(23-19-11-5-2-6-12-19)24-20-13-7-3-8-14-20/h2-17H,1H3/b18-17+,23-22-. The summed E-state index contributed by atoms with van der Waals surface area (Å²) in [7, 11) is 0. The van der Waals surface area contributed by atoms with Crippen molar-refractivity contribution < 1.29 is 4.74 Å². The number of rotatable bonds is 5. The molecule has 0 saturated carbocycles. The SMILES string of the molecule is CC(=C\Sc1ccccc1)/C(=N/c1ccccc1)Oc1ccccc1. The van der Waals surface area contributed by atoms with Gasteiger partial charge in [-0.05, 0) is 48.7 Å². The average molecular weight is 345 g/mol. The minimum absolute atomic E-state index is 0.598. The lowest BCUT2D eigenvalue weighted by Crippen LogP contribution is -2.09. The zero-order valence-electron chi connectivity index (χ0n) is 14.0. The molecule has 0 unspecified atom stereocenters. The normalized spacial score (nSPS) is 12.0. The van der Waals surface area contributed by atoms with Crippen LogP contribution in [0.15, 0.2) is 112 Å². The molecule has 0 aromatic heterocycles. The number of aliphatic imine (C=N–C) groups is 1. The molecule has 0 aliphatic carbocycles. The first kappa shape index (κ1) is 17.1. The van der Waals surface area contributed by atoms with E-state index in [2.05, 4.69) is 22.5 Å². The molecule has 0 spiro atoms. The molecular weight excluding hydrogens is 326 g/mol. The molecule has 2 nitrogen and oxygen atoms in total. The Hall–Kier alpha value is -2.78. The van der Waals surface area contributed by atoms with Crippen molar-refractivity contribution in [3.05, 3.63) is 102 Å². The number of ether oxygens (including phenoxy) is 1. The maximum atomic E-state index is 6.04. The molecule has 0 bridgehead atoms. The van der Waals surface area contributed by atoms with Crippen LogP contribution >= 0.6 is 11.8 Å². The Bertz CT molecular complexity index is 843. The van der Waals surface area contributed by atoms with Crippen molar-refractivity contribution in [3.8, 4) is 5.75 Å². The number of thioether (sulfide) groups is 1. The van der Waals surface area contributed by atoms with Crippen molar-refractivity contribution in [2.45, 2.75) is 11.8 Å². The van der Waals surface area contributed by atoms with Crippen LogP contribution in [0.4, 0.5) is 5.69 Å². The van der Waals surface area contributed by atoms with Crippen LogP contribution < -0.4 is 4.74 Å². The summed E-state index contributed by atoms with van der Waals surface area (Å²) in [6.45, 7) is 2.01. The Morgan fingerprint density at radius 1 is 0.800 bits per heavy atom. The highest BCUT2D eigenvalue weighted by Gasteiger charge is 2.07. The molecule has 0 fully saturated rings. The molecule has 0 amide bonds.